The van der Waals surface area contributed by atoms with Crippen LogP contribution in [0.3, 0.4) is 0 Å². The third-order valence-electron chi connectivity index (χ3n) is 4.38. The summed E-state index contributed by atoms with van der Waals surface area (Å²) in [7, 11) is 0. The fourth-order valence-electron chi connectivity index (χ4n) is 2.92. The minimum absolute atomic E-state index is 0.0895. The van der Waals surface area contributed by atoms with Crippen LogP contribution in [0, 0.1) is 5.82 Å². The summed E-state index contributed by atoms with van der Waals surface area (Å²) in [4.78, 5) is 13.6. The first kappa shape index (κ1) is 17.1. The lowest BCUT2D eigenvalue weighted by molar-refractivity contribution is -0.117. The monoisotopic (exact) mass is 390 g/mol. The fraction of sp³-hybridized carbons (Fsp3) is 0.316. The van der Waals surface area contributed by atoms with E-state index in [1.807, 2.05) is 36.1 Å². The summed E-state index contributed by atoms with van der Waals surface area (Å²) < 4.78 is 14.7. The summed E-state index contributed by atoms with van der Waals surface area (Å²) in [5.74, 6) is -0.0140. The molecular formula is C19H20BrFN2O. The lowest BCUT2D eigenvalue weighted by Gasteiger charge is -2.18. The Morgan fingerprint density at radius 1 is 1.25 bits per heavy atom. The van der Waals surface area contributed by atoms with E-state index in [0.717, 1.165) is 28.7 Å². The highest BCUT2D eigenvalue weighted by atomic mass is 79.9. The number of amides is 1. The average molecular weight is 391 g/mol. The van der Waals surface area contributed by atoms with Crippen LogP contribution in [0.25, 0.3) is 0 Å². The van der Waals surface area contributed by atoms with Crippen LogP contribution in [-0.2, 0) is 11.3 Å². The molecule has 0 aromatic heterocycles. The zero-order valence-electron chi connectivity index (χ0n) is 13.6. The third kappa shape index (κ3) is 3.84. The van der Waals surface area contributed by atoms with E-state index < -0.39 is 0 Å². The second-order valence-electron chi connectivity index (χ2n) is 6.08. The zero-order chi connectivity index (χ0) is 17.1. The maximum absolute atomic E-state index is 13.8. The van der Waals surface area contributed by atoms with Crippen molar-refractivity contribution >= 4 is 27.5 Å². The van der Waals surface area contributed by atoms with Crippen LogP contribution in [0.5, 0.6) is 0 Å². The molecule has 1 aliphatic rings. The van der Waals surface area contributed by atoms with Gasteiger partial charge in [-0.2, -0.15) is 0 Å². The smallest absolute Gasteiger partial charge is 0.227 e. The molecule has 1 amide bonds. The first-order valence-electron chi connectivity index (χ1n) is 8.12. The van der Waals surface area contributed by atoms with Crippen LogP contribution < -0.4 is 10.2 Å². The molecule has 1 heterocycles. The Morgan fingerprint density at radius 2 is 2.00 bits per heavy atom. The summed E-state index contributed by atoms with van der Waals surface area (Å²) >= 11 is 3.37. The summed E-state index contributed by atoms with van der Waals surface area (Å²) in [5.41, 5.74) is 2.70. The molecule has 1 fully saturated rings. The fourth-order valence-corrected chi connectivity index (χ4v) is 3.33. The SMILES string of the molecule is CC(NCc1cc(Br)ccc1F)c1ccc(N2CCCC2=O)cc1. The van der Waals surface area contributed by atoms with Crippen molar-refractivity contribution in [3.8, 4) is 0 Å². The molecule has 0 spiro atoms. The molecule has 3 rings (SSSR count). The summed E-state index contributed by atoms with van der Waals surface area (Å²) in [5, 5.41) is 3.34. The molecule has 1 aliphatic heterocycles. The predicted octanol–water partition coefficient (Wildman–Crippen LogP) is 4.57. The van der Waals surface area contributed by atoms with E-state index in [1.165, 1.54) is 6.07 Å². The number of carbonyl (C=O) groups is 1. The second-order valence-corrected chi connectivity index (χ2v) is 6.99. The quantitative estimate of drug-likeness (QED) is 0.810. The van der Waals surface area contributed by atoms with Crippen LogP contribution in [0.4, 0.5) is 10.1 Å². The van der Waals surface area contributed by atoms with E-state index in [4.69, 9.17) is 0 Å². The van der Waals surface area contributed by atoms with Crippen LogP contribution >= 0.6 is 15.9 Å². The summed E-state index contributed by atoms with van der Waals surface area (Å²) in [6.45, 7) is 3.30. The van der Waals surface area contributed by atoms with Crippen molar-refractivity contribution in [2.45, 2.75) is 32.4 Å². The van der Waals surface area contributed by atoms with Crippen molar-refractivity contribution in [1.82, 2.24) is 5.32 Å². The van der Waals surface area contributed by atoms with Crippen molar-refractivity contribution in [2.75, 3.05) is 11.4 Å². The largest absolute Gasteiger partial charge is 0.312 e. The van der Waals surface area contributed by atoms with Crippen molar-refractivity contribution in [1.29, 1.82) is 0 Å². The first-order valence-corrected chi connectivity index (χ1v) is 8.91. The van der Waals surface area contributed by atoms with Gasteiger partial charge >= 0.3 is 0 Å². The molecular weight excluding hydrogens is 371 g/mol. The Hall–Kier alpha value is -1.72. The van der Waals surface area contributed by atoms with E-state index in [0.29, 0.717) is 18.5 Å². The van der Waals surface area contributed by atoms with E-state index in [-0.39, 0.29) is 17.8 Å². The molecule has 0 aliphatic carbocycles. The normalized spacial score (nSPS) is 15.8. The number of rotatable bonds is 5. The lowest BCUT2D eigenvalue weighted by Crippen LogP contribution is -2.23. The molecule has 1 atom stereocenters. The number of nitrogens with one attached hydrogen (secondary N) is 1. The molecule has 1 unspecified atom stereocenters. The highest BCUT2D eigenvalue weighted by Gasteiger charge is 2.21. The number of carbonyl (C=O) groups excluding carboxylic acids is 1. The van der Waals surface area contributed by atoms with Crippen molar-refractivity contribution in [2.24, 2.45) is 0 Å². The number of hydrogen-bond donors (Lipinski definition) is 1. The maximum Gasteiger partial charge on any atom is 0.227 e. The molecule has 3 nitrogen and oxygen atoms in total. The van der Waals surface area contributed by atoms with Gasteiger partial charge in [0.1, 0.15) is 5.82 Å². The van der Waals surface area contributed by atoms with Crippen molar-refractivity contribution < 1.29 is 9.18 Å². The van der Waals surface area contributed by atoms with Crippen LogP contribution in [0.2, 0.25) is 0 Å². The molecule has 5 heteroatoms. The number of hydrogen-bond acceptors (Lipinski definition) is 2. The number of nitrogens with zero attached hydrogens (tertiary/aromatic N) is 1. The van der Waals surface area contributed by atoms with Crippen LogP contribution in [-0.4, -0.2) is 12.5 Å². The first-order chi connectivity index (χ1) is 11.5. The molecule has 2 aromatic carbocycles. The van der Waals surface area contributed by atoms with Gasteiger partial charge in [0.15, 0.2) is 0 Å². The van der Waals surface area contributed by atoms with E-state index in [9.17, 15) is 9.18 Å². The number of benzene rings is 2. The van der Waals surface area contributed by atoms with Gasteiger partial charge in [-0.05, 0) is 49.2 Å². The standard InChI is InChI=1S/C19H20BrFN2O/c1-13(22-12-15-11-16(20)6-9-18(15)21)14-4-7-17(8-5-14)23-10-2-3-19(23)24/h4-9,11,13,22H,2-3,10,12H2,1H3. The molecule has 0 radical (unpaired) electrons. The van der Waals surface area contributed by atoms with Gasteiger partial charge in [0.25, 0.3) is 0 Å². The highest BCUT2D eigenvalue weighted by molar-refractivity contribution is 9.10. The van der Waals surface area contributed by atoms with Gasteiger partial charge in [-0.15, -0.1) is 0 Å². The van der Waals surface area contributed by atoms with Gasteiger partial charge in [-0.3, -0.25) is 4.79 Å². The maximum atomic E-state index is 13.8. The van der Waals surface area contributed by atoms with Gasteiger partial charge in [-0.25, -0.2) is 4.39 Å². The Labute approximate surface area is 150 Å². The van der Waals surface area contributed by atoms with E-state index in [1.54, 1.807) is 12.1 Å². The molecule has 24 heavy (non-hydrogen) atoms. The zero-order valence-corrected chi connectivity index (χ0v) is 15.1. The van der Waals surface area contributed by atoms with Gasteiger partial charge in [0.2, 0.25) is 5.91 Å². The molecule has 2 aromatic rings. The summed E-state index contributed by atoms with van der Waals surface area (Å²) in [6, 6.07) is 13.1. The van der Waals surface area contributed by atoms with E-state index in [2.05, 4.69) is 21.2 Å². The van der Waals surface area contributed by atoms with Gasteiger partial charge < -0.3 is 10.2 Å². The molecule has 1 saturated heterocycles. The minimum atomic E-state index is -0.208. The third-order valence-corrected chi connectivity index (χ3v) is 4.88. The molecule has 1 N–H and O–H groups in total. The highest BCUT2D eigenvalue weighted by Crippen LogP contribution is 2.24. The van der Waals surface area contributed by atoms with Gasteiger partial charge in [0, 0.05) is 41.3 Å². The van der Waals surface area contributed by atoms with Crippen LogP contribution in [0.1, 0.15) is 36.9 Å². The Balaban J connectivity index is 1.63. The average Bonchev–Trinajstić information content (AvgIpc) is 3.01. The van der Waals surface area contributed by atoms with Crippen molar-refractivity contribution in [3.05, 3.63) is 63.9 Å². The summed E-state index contributed by atoms with van der Waals surface area (Å²) in [6.07, 6.45) is 1.56. The molecule has 0 saturated carbocycles. The molecule has 0 bridgehead atoms. The molecule has 126 valence electrons. The van der Waals surface area contributed by atoms with Crippen molar-refractivity contribution in [3.63, 3.8) is 0 Å². The minimum Gasteiger partial charge on any atom is -0.312 e. The van der Waals surface area contributed by atoms with Crippen LogP contribution in [0.15, 0.2) is 46.9 Å². The second kappa shape index (κ2) is 7.45. The Morgan fingerprint density at radius 3 is 2.67 bits per heavy atom. The lowest BCUT2D eigenvalue weighted by atomic mass is 10.1. The number of halogens is 2. The topological polar surface area (TPSA) is 32.3 Å². The number of anilines is 1. The van der Waals surface area contributed by atoms with Gasteiger partial charge in [-0.1, -0.05) is 28.1 Å². The Bertz CT molecular complexity index is 733. The van der Waals surface area contributed by atoms with E-state index >= 15 is 0 Å². The predicted molar refractivity (Wildman–Crippen MR) is 97.4 cm³/mol. The Kier molecular flexibility index (Phi) is 5.31. The van der Waals surface area contributed by atoms with Gasteiger partial charge in [0.05, 0.1) is 0 Å².